The van der Waals surface area contributed by atoms with Crippen LogP contribution >= 0.6 is 0 Å². The van der Waals surface area contributed by atoms with E-state index in [1.54, 1.807) is 6.92 Å². The quantitative estimate of drug-likeness (QED) is 0.245. The summed E-state index contributed by atoms with van der Waals surface area (Å²) in [6.45, 7) is 1.70. The predicted molar refractivity (Wildman–Crippen MR) is 105 cm³/mol. The first-order valence-electron chi connectivity index (χ1n) is 9.09. The van der Waals surface area contributed by atoms with Crippen molar-refractivity contribution in [1.29, 1.82) is 0 Å². The third kappa shape index (κ3) is 3.48. The number of carbonyl (C=O) groups is 1. The van der Waals surface area contributed by atoms with Gasteiger partial charge in [0.05, 0.1) is 29.4 Å². The van der Waals surface area contributed by atoms with Gasteiger partial charge in [-0.05, 0) is 24.1 Å². The molecule has 0 aliphatic heterocycles. The SMILES string of the molecule is CC[C@H](O)C[C@@H](O)c1c(CC(=O)O)cc2c(O)c3cccc(O)c3c(O)c2c1O. The molecule has 0 heterocycles. The summed E-state index contributed by atoms with van der Waals surface area (Å²) in [4.78, 5) is 11.3. The zero-order chi connectivity index (χ0) is 21.5. The zero-order valence-corrected chi connectivity index (χ0v) is 15.6. The molecule has 0 radical (unpaired) electrons. The van der Waals surface area contributed by atoms with E-state index in [9.17, 15) is 40.5 Å². The number of phenols is 4. The van der Waals surface area contributed by atoms with Crippen LogP contribution in [0.25, 0.3) is 21.5 Å². The molecule has 3 rings (SSSR count). The van der Waals surface area contributed by atoms with Gasteiger partial charge < -0.3 is 35.7 Å². The summed E-state index contributed by atoms with van der Waals surface area (Å²) in [6, 6.07) is 5.50. The number of phenolic OH excluding ortho intramolecular Hbond substituents is 4. The normalized spacial score (nSPS) is 13.6. The van der Waals surface area contributed by atoms with Crippen molar-refractivity contribution in [3.8, 4) is 23.0 Å². The molecule has 0 aliphatic carbocycles. The fourth-order valence-corrected chi connectivity index (χ4v) is 3.64. The second kappa shape index (κ2) is 7.65. The minimum absolute atomic E-state index is 0.0265. The molecule has 154 valence electrons. The summed E-state index contributed by atoms with van der Waals surface area (Å²) in [5.74, 6) is -3.05. The van der Waals surface area contributed by atoms with Crippen LogP contribution in [0.2, 0.25) is 0 Å². The van der Waals surface area contributed by atoms with E-state index in [4.69, 9.17) is 0 Å². The Morgan fingerprint density at radius 3 is 2.28 bits per heavy atom. The van der Waals surface area contributed by atoms with Crippen LogP contribution in [-0.2, 0) is 11.2 Å². The third-order valence-electron chi connectivity index (χ3n) is 5.09. The number of benzene rings is 3. The van der Waals surface area contributed by atoms with Gasteiger partial charge in [0, 0.05) is 22.8 Å². The largest absolute Gasteiger partial charge is 0.507 e. The minimum atomic E-state index is -1.41. The number of fused-ring (bicyclic) bond motifs is 2. The minimum Gasteiger partial charge on any atom is -0.507 e. The van der Waals surface area contributed by atoms with Crippen molar-refractivity contribution in [3.63, 3.8) is 0 Å². The standard InChI is InChI=1S/C21H22O8/c1-2-10(22)8-14(24)16-9(7-15(25)26)6-12-18(20(16)28)21(29)17-11(19(12)27)4-3-5-13(17)23/h3-6,10,14,22-24,27-29H,2,7-8H2,1H3,(H,25,26)/t10-,14+/m0/s1. The number of hydrogen-bond donors (Lipinski definition) is 7. The molecule has 29 heavy (non-hydrogen) atoms. The third-order valence-corrected chi connectivity index (χ3v) is 5.09. The van der Waals surface area contributed by atoms with Gasteiger partial charge in [0.25, 0.3) is 0 Å². The average molecular weight is 402 g/mol. The number of aliphatic hydroxyl groups is 2. The zero-order valence-electron chi connectivity index (χ0n) is 15.6. The number of aromatic hydroxyl groups is 4. The second-order valence-electron chi connectivity index (χ2n) is 7.00. The molecule has 0 aliphatic rings. The molecule has 8 nitrogen and oxygen atoms in total. The summed E-state index contributed by atoms with van der Waals surface area (Å²) in [5.41, 5.74) is -0.121. The van der Waals surface area contributed by atoms with E-state index in [-0.39, 0.29) is 50.6 Å². The van der Waals surface area contributed by atoms with Gasteiger partial charge in [-0.15, -0.1) is 0 Å². The lowest BCUT2D eigenvalue weighted by Gasteiger charge is -2.21. The molecular weight excluding hydrogens is 380 g/mol. The lowest BCUT2D eigenvalue weighted by atomic mass is 9.89. The Morgan fingerprint density at radius 2 is 1.66 bits per heavy atom. The fourth-order valence-electron chi connectivity index (χ4n) is 3.64. The Bertz CT molecular complexity index is 1110. The number of carboxylic acid groups (broad SMARTS) is 1. The van der Waals surface area contributed by atoms with E-state index in [0.29, 0.717) is 6.42 Å². The van der Waals surface area contributed by atoms with Crippen molar-refractivity contribution in [1.82, 2.24) is 0 Å². The highest BCUT2D eigenvalue weighted by Gasteiger charge is 2.27. The van der Waals surface area contributed by atoms with Crippen molar-refractivity contribution in [2.45, 2.75) is 38.4 Å². The lowest BCUT2D eigenvalue weighted by Crippen LogP contribution is -2.14. The van der Waals surface area contributed by atoms with Crippen LogP contribution in [-0.4, -0.2) is 47.8 Å². The highest BCUT2D eigenvalue weighted by Crippen LogP contribution is 2.50. The monoisotopic (exact) mass is 402 g/mol. The van der Waals surface area contributed by atoms with Crippen LogP contribution < -0.4 is 0 Å². The van der Waals surface area contributed by atoms with Gasteiger partial charge in [-0.25, -0.2) is 0 Å². The number of rotatable bonds is 6. The summed E-state index contributed by atoms with van der Waals surface area (Å²) in [5, 5.41) is 71.8. The van der Waals surface area contributed by atoms with Gasteiger partial charge in [0.15, 0.2) is 0 Å². The molecule has 0 unspecified atom stereocenters. The highest BCUT2D eigenvalue weighted by molar-refractivity contribution is 6.15. The van der Waals surface area contributed by atoms with E-state index in [1.807, 2.05) is 0 Å². The smallest absolute Gasteiger partial charge is 0.307 e. The topological polar surface area (TPSA) is 159 Å². The van der Waals surface area contributed by atoms with E-state index < -0.39 is 36.1 Å². The molecule has 3 aromatic rings. The van der Waals surface area contributed by atoms with Crippen LogP contribution in [0.3, 0.4) is 0 Å². The molecule has 3 aromatic carbocycles. The molecular formula is C21H22O8. The number of aliphatic hydroxyl groups excluding tert-OH is 2. The Balaban J connectivity index is 2.42. The molecule has 0 saturated carbocycles. The maximum absolute atomic E-state index is 11.3. The molecule has 8 heteroatoms. The van der Waals surface area contributed by atoms with E-state index in [2.05, 4.69) is 0 Å². The van der Waals surface area contributed by atoms with Gasteiger partial charge in [-0.2, -0.15) is 0 Å². The van der Waals surface area contributed by atoms with Crippen LogP contribution in [0.5, 0.6) is 23.0 Å². The van der Waals surface area contributed by atoms with Crippen molar-refractivity contribution in [3.05, 3.63) is 35.4 Å². The van der Waals surface area contributed by atoms with Crippen molar-refractivity contribution in [2.24, 2.45) is 0 Å². The Hall–Kier alpha value is -3.23. The van der Waals surface area contributed by atoms with Gasteiger partial charge in [-0.1, -0.05) is 19.1 Å². The van der Waals surface area contributed by atoms with Gasteiger partial charge >= 0.3 is 5.97 Å². The number of hydrogen-bond acceptors (Lipinski definition) is 7. The Morgan fingerprint density at radius 1 is 0.966 bits per heavy atom. The van der Waals surface area contributed by atoms with Gasteiger partial charge in [-0.3, -0.25) is 4.79 Å². The van der Waals surface area contributed by atoms with Crippen molar-refractivity contribution in [2.75, 3.05) is 0 Å². The maximum Gasteiger partial charge on any atom is 0.307 e. The summed E-state index contributed by atoms with van der Waals surface area (Å²) >= 11 is 0. The van der Waals surface area contributed by atoms with Crippen LogP contribution in [0.1, 0.15) is 37.0 Å². The van der Waals surface area contributed by atoms with E-state index in [1.165, 1.54) is 24.3 Å². The number of carboxylic acids is 1. The molecule has 2 atom stereocenters. The van der Waals surface area contributed by atoms with Gasteiger partial charge in [0.1, 0.15) is 23.0 Å². The highest BCUT2D eigenvalue weighted by atomic mass is 16.4. The van der Waals surface area contributed by atoms with Crippen molar-refractivity contribution < 1.29 is 40.5 Å². The number of aliphatic carboxylic acids is 1. The van der Waals surface area contributed by atoms with Crippen molar-refractivity contribution >= 4 is 27.5 Å². The molecule has 0 spiro atoms. The Labute approximate surface area is 165 Å². The summed E-state index contributed by atoms with van der Waals surface area (Å²) < 4.78 is 0. The first kappa shape index (κ1) is 20.5. The molecule has 0 aromatic heterocycles. The molecule has 0 fully saturated rings. The van der Waals surface area contributed by atoms with E-state index in [0.717, 1.165) is 0 Å². The van der Waals surface area contributed by atoms with E-state index >= 15 is 0 Å². The van der Waals surface area contributed by atoms with Gasteiger partial charge in [0.2, 0.25) is 0 Å². The fraction of sp³-hybridized carbons (Fsp3) is 0.286. The molecule has 7 N–H and O–H groups in total. The first-order chi connectivity index (χ1) is 13.7. The van der Waals surface area contributed by atoms with Crippen LogP contribution in [0.15, 0.2) is 24.3 Å². The molecule has 0 saturated heterocycles. The first-order valence-corrected chi connectivity index (χ1v) is 9.09. The maximum atomic E-state index is 11.3. The molecule has 0 bridgehead atoms. The second-order valence-corrected chi connectivity index (χ2v) is 7.00. The summed E-state index contributed by atoms with van der Waals surface area (Å²) in [6.07, 6.45) is -2.68. The van der Waals surface area contributed by atoms with Crippen LogP contribution in [0, 0.1) is 0 Å². The summed E-state index contributed by atoms with van der Waals surface area (Å²) in [7, 11) is 0. The predicted octanol–water partition coefficient (Wildman–Crippen LogP) is 2.64. The van der Waals surface area contributed by atoms with Crippen LogP contribution in [0.4, 0.5) is 0 Å². The Kier molecular flexibility index (Phi) is 5.41. The average Bonchev–Trinajstić information content (AvgIpc) is 2.64. The molecule has 0 amide bonds. The lowest BCUT2D eigenvalue weighted by molar-refractivity contribution is -0.136.